The first-order valence-corrected chi connectivity index (χ1v) is 5.05. The van der Waals surface area contributed by atoms with E-state index in [1.165, 1.54) is 12.8 Å². The van der Waals surface area contributed by atoms with Crippen LogP contribution in [0.25, 0.3) is 0 Å². The van der Waals surface area contributed by atoms with E-state index in [2.05, 4.69) is 15.6 Å². The maximum absolute atomic E-state index is 5.31. The van der Waals surface area contributed by atoms with Crippen LogP contribution < -0.4 is 10.6 Å². The molecule has 1 atom stereocenters. The second-order valence-corrected chi connectivity index (χ2v) is 3.60. The van der Waals surface area contributed by atoms with E-state index in [4.69, 9.17) is 4.74 Å². The topological polar surface area (TPSA) is 45.6 Å². The summed E-state index contributed by atoms with van der Waals surface area (Å²) >= 11 is 0. The van der Waals surface area contributed by atoms with Crippen LogP contribution in [0.5, 0.6) is 0 Å². The molecule has 0 bridgehead atoms. The minimum atomic E-state index is 0.759. The van der Waals surface area contributed by atoms with Crippen molar-refractivity contribution in [1.82, 2.24) is 10.6 Å². The van der Waals surface area contributed by atoms with Crippen molar-refractivity contribution in [2.45, 2.75) is 12.8 Å². The lowest BCUT2D eigenvalue weighted by Gasteiger charge is -2.09. The summed E-state index contributed by atoms with van der Waals surface area (Å²) in [5.74, 6) is 1.73. The van der Waals surface area contributed by atoms with Gasteiger partial charge in [0.15, 0.2) is 5.96 Å². The second kappa shape index (κ2) is 4.46. The maximum atomic E-state index is 5.31. The second-order valence-electron chi connectivity index (χ2n) is 3.60. The zero-order valence-electron chi connectivity index (χ0n) is 7.88. The highest BCUT2D eigenvalue weighted by atomic mass is 16.5. The van der Waals surface area contributed by atoms with Crippen LogP contribution in [0, 0.1) is 5.92 Å². The molecule has 0 aliphatic carbocycles. The molecule has 0 radical (unpaired) electrons. The third-order valence-corrected chi connectivity index (χ3v) is 2.54. The van der Waals surface area contributed by atoms with Gasteiger partial charge >= 0.3 is 0 Å². The first-order chi connectivity index (χ1) is 6.45. The van der Waals surface area contributed by atoms with Gasteiger partial charge in [0.25, 0.3) is 0 Å². The van der Waals surface area contributed by atoms with E-state index < -0.39 is 0 Å². The molecule has 1 saturated heterocycles. The quantitative estimate of drug-likeness (QED) is 0.645. The number of ether oxygens (including phenoxy) is 1. The minimum absolute atomic E-state index is 0.759. The lowest BCUT2D eigenvalue weighted by Crippen LogP contribution is -2.34. The molecule has 2 rings (SSSR count). The number of nitrogens with one attached hydrogen (secondary N) is 2. The van der Waals surface area contributed by atoms with Gasteiger partial charge in [-0.05, 0) is 18.8 Å². The van der Waals surface area contributed by atoms with Gasteiger partial charge in [-0.1, -0.05) is 0 Å². The Morgan fingerprint density at radius 3 is 3.31 bits per heavy atom. The predicted octanol–water partition coefficient (Wildman–Crippen LogP) is -0.0382. The summed E-state index contributed by atoms with van der Waals surface area (Å²) in [6.45, 7) is 4.80. The molecule has 0 aromatic carbocycles. The molecular formula is C9H17N3O. The summed E-state index contributed by atoms with van der Waals surface area (Å²) in [7, 11) is 0. The number of guanidine groups is 1. The number of aliphatic imine (C=N–C) groups is 1. The molecule has 2 heterocycles. The van der Waals surface area contributed by atoms with Crippen LogP contribution in [-0.2, 0) is 4.74 Å². The Labute approximate surface area is 78.8 Å². The number of hydrogen-bond donors (Lipinski definition) is 2. The third-order valence-electron chi connectivity index (χ3n) is 2.54. The summed E-state index contributed by atoms with van der Waals surface area (Å²) in [6.07, 6.45) is 2.42. The van der Waals surface area contributed by atoms with Crippen LogP contribution >= 0.6 is 0 Å². The van der Waals surface area contributed by atoms with E-state index in [1.807, 2.05) is 0 Å². The van der Waals surface area contributed by atoms with E-state index in [0.29, 0.717) is 0 Å². The van der Waals surface area contributed by atoms with E-state index in [0.717, 1.165) is 44.7 Å². The normalized spacial score (nSPS) is 27.1. The SMILES string of the molecule is C1CNC(NCCC2CCOC2)=N1. The molecule has 0 aromatic rings. The highest BCUT2D eigenvalue weighted by molar-refractivity contribution is 5.81. The molecule has 0 amide bonds. The molecule has 4 heteroatoms. The lowest BCUT2D eigenvalue weighted by atomic mass is 10.1. The van der Waals surface area contributed by atoms with E-state index in [9.17, 15) is 0 Å². The Morgan fingerprint density at radius 2 is 2.62 bits per heavy atom. The van der Waals surface area contributed by atoms with Crippen LogP contribution in [-0.4, -0.2) is 38.8 Å². The summed E-state index contributed by atoms with van der Waals surface area (Å²) in [5, 5.41) is 6.48. The Kier molecular flexibility index (Phi) is 3.02. The lowest BCUT2D eigenvalue weighted by molar-refractivity contribution is 0.184. The molecule has 2 aliphatic heterocycles. The third kappa shape index (κ3) is 2.59. The monoisotopic (exact) mass is 183 g/mol. The summed E-state index contributed by atoms with van der Waals surface area (Å²) in [4.78, 5) is 4.26. The number of rotatable bonds is 3. The zero-order chi connectivity index (χ0) is 8.93. The van der Waals surface area contributed by atoms with Crippen molar-refractivity contribution in [1.29, 1.82) is 0 Å². The molecule has 4 nitrogen and oxygen atoms in total. The Morgan fingerprint density at radius 1 is 1.62 bits per heavy atom. The van der Waals surface area contributed by atoms with Gasteiger partial charge in [0.05, 0.1) is 6.54 Å². The first kappa shape index (κ1) is 8.81. The van der Waals surface area contributed by atoms with Gasteiger partial charge in [0.1, 0.15) is 0 Å². The van der Waals surface area contributed by atoms with Crippen LogP contribution in [0.2, 0.25) is 0 Å². The molecule has 74 valence electrons. The van der Waals surface area contributed by atoms with Gasteiger partial charge < -0.3 is 15.4 Å². The standard InChI is InChI=1S/C9H17N3O/c1(8-2-6-13-7-8)3-10-9-11-4-5-12-9/h8H,1-7H2,(H2,10,11,12). The Bertz CT molecular complexity index is 187. The molecule has 2 aliphatic rings. The van der Waals surface area contributed by atoms with Crippen molar-refractivity contribution >= 4 is 5.96 Å². The molecular weight excluding hydrogens is 166 g/mol. The van der Waals surface area contributed by atoms with Crippen molar-refractivity contribution < 1.29 is 4.74 Å². The van der Waals surface area contributed by atoms with Gasteiger partial charge in [0.2, 0.25) is 0 Å². The van der Waals surface area contributed by atoms with Crippen molar-refractivity contribution in [3.63, 3.8) is 0 Å². The van der Waals surface area contributed by atoms with E-state index in [1.54, 1.807) is 0 Å². The Hall–Kier alpha value is -0.770. The van der Waals surface area contributed by atoms with Crippen LogP contribution in [0.15, 0.2) is 4.99 Å². The van der Waals surface area contributed by atoms with E-state index in [-0.39, 0.29) is 0 Å². The minimum Gasteiger partial charge on any atom is -0.381 e. The van der Waals surface area contributed by atoms with Crippen LogP contribution in [0.1, 0.15) is 12.8 Å². The largest absolute Gasteiger partial charge is 0.381 e. The molecule has 1 unspecified atom stereocenters. The molecule has 0 aromatic heterocycles. The van der Waals surface area contributed by atoms with Gasteiger partial charge in [-0.25, -0.2) is 0 Å². The average Bonchev–Trinajstić information content (AvgIpc) is 2.75. The molecule has 0 spiro atoms. The van der Waals surface area contributed by atoms with Gasteiger partial charge in [-0.2, -0.15) is 0 Å². The van der Waals surface area contributed by atoms with Gasteiger partial charge in [-0.15, -0.1) is 0 Å². The fourth-order valence-electron chi connectivity index (χ4n) is 1.72. The average molecular weight is 183 g/mol. The molecule has 2 N–H and O–H groups in total. The fraction of sp³-hybridized carbons (Fsp3) is 0.889. The highest BCUT2D eigenvalue weighted by Crippen LogP contribution is 2.14. The summed E-state index contributed by atoms with van der Waals surface area (Å²) in [5.41, 5.74) is 0. The fourth-order valence-corrected chi connectivity index (χ4v) is 1.72. The smallest absolute Gasteiger partial charge is 0.191 e. The van der Waals surface area contributed by atoms with Crippen molar-refractivity contribution in [3.05, 3.63) is 0 Å². The van der Waals surface area contributed by atoms with Crippen molar-refractivity contribution in [2.75, 3.05) is 32.8 Å². The number of nitrogens with zero attached hydrogens (tertiary/aromatic N) is 1. The summed E-state index contributed by atoms with van der Waals surface area (Å²) in [6, 6.07) is 0. The van der Waals surface area contributed by atoms with Crippen molar-refractivity contribution in [3.8, 4) is 0 Å². The Balaban J connectivity index is 1.57. The van der Waals surface area contributed by atoms with Crippen LogP contribution in [0.4, 0.5) is 0 Å². The van der Waals surface area contributed by atoms with E-state index >= 15 is 0 Å². The van der Waals surface area contributed by atoms with Crippen molar-refractivity contribution in [2.24, 2.45) is 10.9 Å². The highest BCUT2D eigenvalue weighted by Gasteiger charge is 2.15. The molecule has 1 fully saturated rings. The van der Waals surface area contributed by atoms with Gasteiger partial charge in [0, 0.05) is 26.3 Å². The first-order valence-electron chi connectivity index (χ1n) is 5.05. The predicted molar refractivity (Wildman–Crippen MR) is 51.9 cm³/mol. The van der Waals surface area contributed by atoms with Crippen LogP contribution in [0.3, 0.4) is 0 Å². The molecule has 13 heavy (non-hydrogen) atoms. The maximum Gasteiger partial charge on any atom is 0.191 e. The number of hydrogen-bond acceptors (Lipinski definition) is 4. The summed E-state index contributed by atoms with van der Waals surface area (Å²) < 4.78 is 5.31. The van der Waals surface area contributed by atoms with Gasteiger partial charge in [-0.3, -0.25) is 4.99 Å². The molecule has 0 saturated carbocycles. The zero-order valence-corrected chi connectivity index (χ0v) is 7.88.